The third-order valence-electron chi connectivity index (χ3n) is 11.8. The highest BCUT2D eigenvalue weighted by Gasteiger charge is 2.18. The first-order chi connectivity index (χ1) is 28.0. The molecule has 6 heteroatoms. The van der Waals surface area contributed by atoms with Gasteiger partial charge in [0.25, 0.3) is 0 Å². The molecule has 0 aromatic heterocycles. The number of ether oxygens (including phenoxy) is 1. The summed E-state index contributed by atoms with van der Waals surface area (Å²) in [5.74, 6) is -0.0849. The van der Waals surface area contributed by atoms with Crippen molar-refractivity contribution in [3.8, 4) is 0 Å². The van der Waals surface area contributed by atoms with E-state index in [0.29, 0.717) is 19.4 Å². The van der Waals surface area contributed by atoms with E-state index in [9.17, 15) is 19.8 Å². The van der Waals surface area contributed by atoms with Crippen LogP contribution in [0.3, 0.4) is 0 Å². The first kappa shape index (κ1) is 55.6. The van der Waals surface area contributed by atoms with Gasteiger partial charge in [0.2, 0.25) is 5.91 Å². The highest BCUT2D eigenvalue weighted by molar-refractivity contribution is 5.76. The van der Waals surface area contributed by atoms with E-state index in [1.807, 2.05) is 6.08 Å². The average Bonchev–Trinajstić information content (AvgIpc) is 3.21. The van der Waals surface area contributed by atoms with E-state index in [0.717, 1.165) is 57.8 Å². The van der Waals surface area contributed by atoms with Crippen molar-refractivity contribution in [1.82, 2.24) is 5.32 Å². The van der Waals surface area contributed by atoms with Gasteiger partial charge in [-0.3, -0.25) is 9.59 Å². The number of allylic oxidation sites excluding steroid dienone is 1. The van der Waals surface area contributed by atoms with Crippen molar-refractivity contribution in [3.05, 3.63) is 12.2 Å². The molecule has 0 aromatic carbocycles. The quantitative estimate of drug-likeness (QED) is 0.0323. The minimum absolute atomic E-state index is 0.00411. The number of hydrogen-bond donors (Lipinski definition) is 3. The lowest BCUT2D eigenvalue weighted by Crippen LogP contribution is -2.45. The maximum atomic E-state index is 12.4. The second-order valence-electron chi connectivity index (χ2n) is 17.5. The van der Waals surface area contributed by atoms with Crippen molar-refractivity contribution in [3.63, 3.8) is 0 Å². The lowest BCUT2D eigenvalue weighted by Gasteiger charge is -2.20. The maximum Gasteiger partial charge on any atom is 0.305 e. The molecule has 3 N–H and O–H groups in total. The Balaban J connectivity index is 3.45. The van der Waals surface area contributed by atoms with Gasteiger partial charge < -0.3 is 20.3 Å². The number of aliphatic hydroxyl groups is 2. The molecule has 0 aromatic rings. The van der Waals surface area contributed by atoms with E-state index in [2.05, 4.69) is 19.2 Å². The second kappa shape index (κ2) is 47.3. The predicted molar refractivity (Wildman–Crippen MR) is 246 cm³/mol. The van der Waals surface area contributed by atoms with Gasteiger partial charge >= 0.3 is 5.97 Å². The number of hydrogen-bond acceptors (Lipinski definition) is 5. The van der Waals surface area contributed by atoms with Gasteiger partial charge in [0.15, 0.2) is 0 Å². The van der Waals surface area contributed by atoms with Gasteiger partial charge in [0, 0.05) is 12.8 Å². The fraction of sp³-hybridized carbons (Fsp3) is 0.922. The summed E-state index contributed by atoms with van der Waals surface area (Å²) in [6.45, 7) is 4.87. The number of nitrogens with one attached hydrogen (secondary N) is 1. The number of rotatable bonds is 47. The molecule has 0 saturated carbocycles. The molecule has 0 aliphatic rings. The Morgan fingerprint density at radius 2 is 0.807 bits per heavy atom. The number of carbonyl (C=O) groups is 2. The molecule has 57 heavy (non-hydrogen) atoms. The van der Waals surface area contributed by atoms with Crippen molar-refractivity contribution in [1.29, 1.82) is 0 Å². The molecule has 0 saturated heterocycles. The molecule has 2 atom stereocenters. The van der Waals surface area contributed by atoms with Crippen molar-refractivity contribution in [2.45, 2.75) is 289 Å². The average molecular weight is 806 g/mol. The van der Waals surface area contributed by atoms with Gasteiger partial charge in [-0.15, -0.1) is 0 Å². The largest absolute Gasteiger partial charge is 0.466 e. The van der Waals surface area contributed by atoms with E-state index >= 15 is 0 Å². The zero-order valence-corrected chi connectivity index (χ0v) is 38.3. The van der Waals surface area contributed by atoms with Crippen LogP contribution in [0.1, 0.15) is 277 Å². The molecule has 0 radical (unpaired) electrons. The molecule has 0 aliphatic carbocycles. The van der Waals surface area contributed by atoms with Gasteiger partial charge in [0.05, 0.1) is 25.4 Å². The zero-order valence-electron chi connectivity index (χ0n) is 38.3. The summed E-state index contributed by atoms with van der Waals surface area (Å²) in [6, 6.07) is -0.635. The van der Waals surface area contributed by atoms with Crippen LogP contribution < -0.4 is 5.32 Å². The summed E-state index contributed by atoms with van der Waals surface area (Å²) in [5, 5.41) is 23.0. The fourth-order valence-corrected chi connectivity index (χ4v) is 7.87. The zero-order chi connectivity index (χ0) is 41.5. The topological polar surface area (TPSA) is 95.9 Å². The van der Waals surface area contributed by atoms with Crippen LogP contribution in [0.4, 0.5) is 0 Å². The standard InChI is InChI=1S/C51H99NO5/c1-3-5-7-9-11-13-15-17-18-21-25-29-33-37-41-45-51(56)57-46-42-38-34-30-26-22-19-20-24-28-32-36-40-44-50(55)52-48(47-53)49(54)43-39-35-31-27-23-16-14-12-10-8-6-4-2/h39,43,48-49,53-54H,3-38,40-42,44-47H2,1-2H3,(H,52,55)/b43-39+. The Hall–Kier alpha value is -1.40. The molecule has 0 heterocycles. The maximum absolute atomic E-state index is 12.4. The molecular formula is C51H99NO5. The molecule has 0 spiro atoms. The van der Waals surface area contributed by atoms with Crippen LogP contribution in [0.25, 0.3) is 0 Å². The van der Waals surface area contributed by atoms with Crippen molar-refractivity contribution in [2.24, 2.45) is 0 Å². The van der Waals surface area contributed by atoms with E-state index in [-0.39, 0.29) is 18.5 Å². The smallest absolute Gasteiger partial charge is 0.305 e. The highest BCUT2D eigenvalue weighted by Crippen LogP contribution is 2.16. The Labute approximate surface area is 355 Å². The molecular weight excluding hydrogens is 707 g/mol. The molecule has 0 rings (SSSR count). The van der Waals surface area contributed by atoms with Gasteiger partial charge in [-0.2, -0.15) is 0 Å². The van der Waals surface area contributed by atoms with Crippen LogP contribution in [0.2, 0.25) is 0 Å². The van der Waals surface area contributed by atoms with Crippen LogP contribution in [-0.2, 0) is 14.3 Å². The fourth-order valence-electron chi connectivity index (χ4n) is 7.87. The van der Waals surface area contributed by atoms with Gasteiger partial charge in [-0.25, -0.2) is 0 Å². The SMILES string of the molecule is CCCCCCCCCCCC/C=C/C(O)C(CO)NC(=O)CCCCCCCCCCCCCCCOC(=O)CCCCCCCCCCCCCCCCC. The van der Waals surface area contributed by atoms with E-state index in [1.165, 1.54) is 193 Å². The van der Waals surface area contributed by atoms with Crippen molar-refractivity contribution < 1.29 is 24.5 Å². The molecule has 338 valence electrons. The molecule has 0 fully saturated rings. The Morgan fingerprint density at radius 3 is 1.19 bits per heavy atom. The summed E-state index contributed by atoms with van der Waals surface area (Å²) in [4.78, 5) is 24.4. The summed E-state index contributed by atoms with van der Waals surface area (Å²) < 4.78 is 5.46. The monoisotopic (exact) mass is 806 g/mol. The number of unbranched alkanes of at least 4 members (excludes halogenated alkanes) is 36. The first-order valence-corrected chi connectivity index (χ1v) is 25.5. The van der Waals surface area contributed by atoms with Crippen LogP contribution in [0.15, 0.2) is 12.2 Å². The summed E-state index contributed by atoms with van der Waals surface area (Å²) in [5.41, 5.74) is 0. The summed E-state index contributed by atoms with van der Waals surface area (Å²) in [6.07, 6.45) is 53.5. The second-order valence-corrected chi connectivity index (χ2v) is 17.5. The lowest BCUT2D eigenvalue weighted by atomic mass is 10.0. The minimum atomic E-state index is -0.850. The van der Waals surface area contributed by atoms with Crippen LogP contribution in [0.5, 0.6) is 0 Å². The van der Waals surface area contributed by atoms with Gasteiger partial charge in [-0.1, -0.05) is 244 Å². The van der Waals surface area contributed by atoms with Crippen LogP contribution in [0, 0.1) is 0 Å². The number of aliphatic hydroxyl groups excluding tert-OH is 2. The molecule has 2 unspecified atom stereocenters. The van der Waals surface area contributed by atoms with E-state index in [4.69, 9.17) is 4.74 Å². The summed E-state index contributed by atoms with van der Waals surface area (Å²) >= 11 is 0. The number of esters is 1. The van der Waals surface area contributed by atoms with E-state index < -0.39 is 12.1 Å². The third kappa shape index (κ3) is 44.0. The third-order valence-corrected chi connectivity index (χ3v) is 11.8. The molecule has 0 bridgehead atoms. The predicted octanol–water partition coefficient (Wildman–Crippen LogP) is 15.0. The van der Waals surface area contributed by atoms with E-state index in [1.54, 1.807) is 6.08 Å². The molecule has 1 amide bonds. The molecule has 6 nitrogen and oxygen atoms in total. The summed E-state index contributed by atoms with van der Waals surface area (Å²) in [7, 11) is 0. The first-order valence-electron chi connectivity index (χ1n) is 25.5. The highest BCUT2D eigenvalue weighted by atomic mass is 16.5. The number of amides is 1. The Morgan fingerprint density at radius 1 is 0.474 bits per heavy atom. The Kier molecular flexibility index (Phi) is 46.1. The van der Waals surface area contributed by atoms with Crippen molar-refractivity contribution in [2.75, 3.05) is 13.2 Å². The van der Waals surface area contributed by atoms with Gasteiger partial charge in [0.1, 0.15) is 0 Å². The van der Waals surface area contributed by atoms with Crippen LogP contribution in [-0.4, -0.2) is 47.4 Å². The number of carbonyl (C=O) groups excluding carboxylic acids is 2. The minimum Gasteiger partial charge on any atom is -0.466 e. The normalized spacial score (nSPS) is 12.7. The lowest BCUT2D eigenvalue weighted by molar-refractivity contribution is -0.143. The Bertz CT molecular complexity index is 847. The van der Waals surface area contributed by atoms with Crippen molar-refractivity contribution >= 4 is 11.9 Å². The van der Waals surface area contributed by atoms with Gasteiger partial charge in [-0.05, 0) is 32.1 Å². The van der Waals surface area contributed by atoms with Crippen LogP contribution >= 0.6 is 0 Å². The molecule has 0 aliphatic heterocycles.